The molecule has 0 aliphatic carbocycles. The Hall–Kier alpha value is -0.860. The summed E-state index contributed by atoms with van der Waals surface area (Å²) in [7, 11) is 2.14. The van der Waals surface area contributed by atoms with Crippen molar-refractivity contribution in [3.63, 3.8) is 0 Å². The highest BCUT2D eigenvalue weighted by atomic mass is 16.3. The first-order valence-electron chi connectivity index (χ1n) is 6.44. The van der Waals surface area contributed by atoms with Gasteiger partial charge in [-0.15, -0.1) is 0 Å². The third-order valence-corrected chi connectivity index (χ3v) is 3.95. The van der Waals surface area contributed by atoms with E-state index in [0.717, 1.165) is 19.5 Å². The molecule has 2 nitrogen and oxygen atoms in total. The topological polar surface area (TPSA) is 23.5 Å². The molecule has 0 bridgehead atoms. The molecule has 0 amide bonds. The van der Waals surface area contributed by atoms with Gasteiger partial charge in [-0.2, -0.15) is 0 Å². The minimum Gasteiger partial charge on any atom is -0.390 e. The van der Waals surface area contributed by atoms with E-state index >= 15 is 0 Å². The van der Waals surface area contributed by atoms with Gasteiger partial charge < -0.3 is 10.0 Å². The third kappa shape index (κ3) is 2.88. The molecule has 0 radical (unpaired) electrons. The molecule has 0 spiro atoms. The van der Waals surface area contributed by atoms with Crippen LogP contribution in [0.2, 0.25) is 0 Å². The largest absolute Gasteiger partial charge is 0.390 e. The Labute approximate surface area is 104 Å². The van der Waals surface area contributed by atoms with E-state index in [9.17, 15) is 5.11 Å². The molecule has 2 atom stereocenters. The van der Waals surface area contributed by atoms with Crippen molar-refractivity contribution < 1.29 is 5.11 Å². The summed E-state index contributed by atoms with van der Waals surface area (Å²) in [4.78, 5) is 2.32. The Bertz CT molecular complexity index is 355. The van der Waals surface area contributed by atoms with E-state index in [-0.39, 0.29) is 0 Å². The molecule has 1 heterocycles. The van der Waals surface area contributed by atoms with Crippen molar-refractivity contribution in [1.82, 2.24) is 4.90 Å². The van der Waals surface area contributed by atoms with Gasteiger partial charge in [0.1, 0.15) is 0 Å². The third-order valence-electron chi connectivity index (χ3n) is 3.95. The van der Waals surface area contributed by atoms with Gasteiger partial charge in [-0.25, -0.2) is 0 Å². The lowest BCUT2D eigenvalue weighted by Gasteiger charge is -2.43. The van der Waals surface area contributed by atoms with Crippen molar-refractivity contribution in [2.45, 2.75) is 31.8 Å². The van der Waals surface area contributed by atoms with Crippen molar-refractivity contribution in [3.05, 3.63) is 35.9 Å². The fourth-order valence-corrected chi connectivity index (χ4v) is 2.93. The van der Waals surface area contributed by atoms with Gasteiger partial charge in [0.05, 0.1) is 5.60 Å². The Morgan fingerprint density at radius 1 is 1.24 bits per heavy atom. The summed E-state index contributed by atoms with van der Waals surface area (Å²) in [5, 5.41) is 10.4. The summed E-state index contributed by atoms with van der Waals surface area (Å²) >= 11 is 0. The van der Waals surface area contributed by atoms with E-state index in [1.165, 1.54) is 5.56 Å². The molecule has 0 aromatic heterocycles. The van der Waals surface area contributed by atoms with Crippen LogP contribution in [-0.4, -0.2) is 35.7 Å². The van der Waals surface area contributed by atoms with Crippen LogP contribution < -0.4 is 0 Å². The minimum atomic E-state index is -0.616. The van der Waals surface area contributed by atoms with Crippen LogP contribution in [0.5, 0.6) is 0 Å². The second-order valence-electron chi connectivity index (χ2n) is 5.83. The highest BCUT2D eigenvalue weighted by molar-refractivity contribution is 5.22. The summed E-state index contributed by atoms with van der Waals surface area (Å²) < 4.78 is 0. The van der Waals surface area contributed by atoms with Gasteiger partial charge in [-0.3, -0.25) is 0 Å². The Kier molecular flexibility index (Phi) is 3.55. The molecule has 0 unspecified atom stereocenters. The van der Waals surface area contributed by atoms with Gasteiger partial charge in [0.15, 0.2) is 0 Å². The van der Waals surface area contributed by atoms with E-state index < -0.39 is 5.60 Å². The second-order valence-corrected chi connectivity index (χ2v) is 5.83. The average Bonchev–Trinajstić information content (AvgIpc) is 2.29. The lowest BCUT2D eigenvalue weighted by Crippen LogP contribution is -2.47. The molecule has 1 N–H and O–H groups in total. The number of piperidine rings is 1. The molecule has 2 heteroatoms. The van der Waals surface area contributed by atoms with Crippen molar-refractivity contribution in [2.75, 3.05) is 20.1 Å². The molecule has 1 saturated heterocycles. The second kappa shape index (κ2) is 4.79. The average molecular weight is 233 g/mol. The summed E-state index contributed by atoms with van der Waals surface area (Å²) in [6.45, 7) is 5.97. The maximum atomic E-state index is 10.4. The van der Waals surface area contributed by atoms with Crippen LogP contribution in [0.3, 0.4) is 0 Å². The highest BCUT2D eigenvalue weighted by Crippen LogP contribution is 2.38. The van der Waals surface area contributed by atoms with Gasteiger partial charge in [0.2, 0.25) is 0 Å². The van der Waals surface area contributed by atoms with Gasteiger partial charge in [-0.1, -0.05) is 30.3 Å². The first kappa shape index (κ1) is 12.6. The summed E-state index contributed by atoms with van der Waals surface area (Å²) in [5.41, 5.74) is 0.752. The molecule has 2 rings (SSSR count). The molecule has 1 fully saturated rings. The fraction of sp³-hybridized carbons (Fsp3) is 0.600. The van der Waals surface area contributed by atoms with Gasteiger partial charge in [0, 0.05) is 12.5 Å². The lowest BCUT2D eigenvalue weighted by molar-refractivity contribution is -0.0248. The molecule has 1 aliphatic heterocycles. The predicted molar refractivity (Wildman–Crippen MR) is 71.1 cm³/mol. The summed E-state index contributed by atoms with van der Waals surface area (Å²) in [6, 6.07) is 10.6. The molecule has 94 valence electrons. The van der Waals surface area contributed by atoms with Crippen LogP contribution >= 0.6 is 0 Å². The number of hydrogen-bond acceptors (Lipinski definition) is 2. The van der Waals surface area contributed by atoms with E-state index in [1.54, 1.807) is 0 Å². The van der Waals surface area contributed by atoms with E-state index in [0.29, 0.717) is 11.8 Å². The molecule has 17 heavy (non-hydrogen) atoms. The fourth-order valence-electron chi connectivity index (χ4n) is 2.93. The zero-order chi connectivity index (χ0) is 12.5. The molecule has 0 saturated carbocycles. The first-order valence-corrected chi connectivity index (χ1v) is 6.44. The molecular formula is C15H23NO. The highest BCUT2D eigenvalue weighted by Gasteiger charge is 2.38. The van der Waals surface area contributed by atoms with Gasteiger partial charge in [0.25, 0.3) is 0 Å². The number of nitrogens with zero attached hydrogens (tertiary/aromatic N) is 1. The van der Waals surface area contributed by atoms with E-state index in [2.05, 4.69) is 42.3 Å². The minimum absolute atomic E-state index is 0.309. The van der Waals surface area contributed by atoms with Crippen LogP contribution in [0.25, 0.3) is 0 Å². The standard InChI is InChI=1S/C15H23NO/c1-15(2,17)14-11-16(3)10-9-13(14)12-7-5-4-6-8-12/h4-8,13-14,17H,9-11H2,1-3H3/t13-,14-/m0/s1. The number of rotatable bonds is 2. The van der Waals surface area contributed by atoms with Gasteiger partial charge in [-0.05, 0) is 45.3 Å². The number of likely N-dealkylation sites (tertiary alicyclic amines) is 1. The van der Waals surface area contributed by atoms with Crippen LogP contribution in [0.1, 0.15) is 31.7 Å². The Morgan fingerprint density at radius 2 is 1.88 bits per heavy atom. The van der Waals surface area contributed by atoms with Gasteiger partial charge >= 0.3 is 0 Å². The monoisotopic (exact) mass is 233 g/mol. The maximum Gasteiger partial charge on any atom is 0.0637 e. The lowest BCUT2D eigenvalue weighted by atomic mass is 9.73. The maximum absolute atomic E-state index is 10.4. The van der Waals surface area contributed by atoms with Crippen LogP contribution in [-0.2, 0) is 0 Å². The molecular weight excluding hydrogens is 210 g/mol. The predicted octanol–water partition coefficient (Wildman–Crippen LogP) is 2.49. The summed E-state index contributed by atoms with van der Waals surface area (Å²) in [6.07, 6.45) is 1.13. The summed E-state index contributed by atoms with van der Waals surface area (Å²) in [5.74, 6) is 0.788. The van der Waals surface area contributed by atoms with Crippen LogP contribution in [0, 0.1) is 5.92 Å². The number of hydrogen-bond donors (Lipinski definition) is 1. The molecule has 1 aromatic carbocycles. The SMILES string of the molecule is CN1CC[C@@H](c2ccccc2)[C@@H](C(C)(C)O)C1. The number of benzene rings is 1. The first-order chi connectivity index (χ1) is 7.98. The van der Waals surface area contributed by atoms with E-state index in [1.807, 2.05) is 13.8 Å². The van der Waals surface area contributed by atoms with Crippen molar-refractivity contribution in [1.29, 1.82) is 0 Å². The van der Waals surface area contributed by atoms with Crippen molar-refractivity contribution in [3.8, 4) is 0 Å². The normalized spacial score (nSPS) is 27.1. The van der Waals surface area contributed by atoms with Crippen LogP contribution in [0.4, 0.5) is 0 Å². The van der Waals surface area contributed by atoms with E-state index in [4.69, 9.17) is 0 Å². The number of aliphatic hydroxyl groups is 1. The zero-order valence-electron chi connectivity index (χ0n) is 11.1. The smallest absolute Gasteiger partial charge is 0.0637 e. The Morgan fingerprint density at radius 3 is 2.47 bits per heavy atom. The zero-order valence-corrected chi connectivity index (χ0v) is 11.1. The molecule has 1 aliphatic rings. The van der Waals surface area contributed by atoms with Crippen LogP contribution in [0.15, 0.2) is 30.3 Å². The van der Waals surface area contributed by atoms with Crippen molar-refractivity contribution >= 4 is 0 Å². The molecule has 1 aromatic rings. The quantitative estimate of drug-likeness (QED) is 0.848. The Balaban J connectivity index is 2.25. The van der Waals surface area contributed by atoms with Crippen molar-refractivity contribution in [2.24, 2.45) is 5.92 Å².